The van der Waals surface area contributed by atoms with Crippen molar-refractivity contribution in [1.29, 1.82) is 0 Å². The molecule has 1 N–H and O–H groups in total. The third kappa shape index (κ3) is 2.03. The quantitative estimate of drug-likeness (QED) is 0.824. The first kappa shape index (κ1) is 12.0. The molecule has 1 atom stereocenters. The summed E-state index contributed by atoms with van der Waals surface area (Å²) in [7, 11) is 0. The van der Waals surface area contributed by atoms with E-state index in [-0.39, 0.29) is 11.8 Å². The highest BCUT2D eigenvalue weighted by molar-refractivity contribution is 5.99. The Balaban J connectivity index is 2.05. The minimum absolute atomic E-state index is 0.0748. The largest absolute Gasteiger partial charge is 0.325 e. The van der Waals surface area contributed by atoms with Crippen molar-refractivity contribution in [3.8, 4) is 0 Å². The van der Waals surface area contributed by atoms with Gasteiger partial charge in [-0.25, -0.2) is 0 Å². The van der Waals surface area contributed by atoms with Crippen molar-refractivity contribution in [3.63, 3.8) is 0 Å². The van der Waals surface area contributed by atoms with Gasteiger partial charge >= 0.3 is 0 Å². The van der Waals surface area contributed by atoms with Gasteiger partial charge < -0.3 is 5.32 Å². The number of nitrogens with one attached hydrogen (secondary N) is 1. The fraction of sp³-hybridized carbons (Fsp3) is 0.235. The molecule has 2 aromatic rings. The fourth-order valence-electron chi connectivity index (χ4n) is 2.77. The summed E-state index contributed by atoms with van der Waals surface area (Å²) in [6, 6.07) is 14.2. The number of aryl methyl sites for hydroxylation is 2. The number of carbonyl (C=O) groups is 1. The highest BCUT2D eigenvalue weighted by Gasteiger charge is 2.29. The molecular weight excluding hydrogens is 234 g/mol. The molecule has 0 saturated carbocycles. The predicted molar refractivity (Wildman–Crippen MR) is 77.4 cm³/mol. The number of rotatable bonds is 1. The predicted octanol–water partition coefficient (Wildman–Crippen LogP) is 3.58. The van der Waals surface area contributed by atoms with Gasteiger partial charge in [-0.1, -0.05) is 42.5 Å². The van der Waals surface area contributed by atoms with Gasteiger partial charge in [0, 0.05) is 5.69 Å². The number of hydrogen-bond acceptors (Lipinski definition) is 1. The molecule has 1 heterocycles. The second-order valence-corrected chi connectivity index (χ2v) is 5.21. The zero-order valence-electron chi connectivity index (χ0n) is 11.2. The average molecular weight is 251 g/mol. The lowest BCUT2D eigenvalue weighted by molar-refractivity contribution is -0.117. The van der Waals surface area contributed by atoms with E-state index in [1.807, 2.05) is 37.3 Å². The molecule has 0 spiro atoms. The Hall–Kier alpha value is -2.09. The van der Waals surface area contributed by atoms with Crippen LogP contribution in [0.5, 0.6) is 0 Å². The minimum atomic E-state index is -0.0748. The van der Waals surface area contributed by atoms with Crippen LogP contribution in [0, 0.1) is 13.8 Å². The first-order chi connectivity index (χ1) is 9.16. The first-order valence-corrected chi connectivity index (χ1v) is 6.61. The van der Waals surface area contributed by atoms with Crippen molar-refractivity contribution in [2.45, 2.75) is 26.2 Å². The lowest BCUT2D eigenvalue weighted by Gasteiger charge is -2.27. The average Bonchev–Trinajstić information content (AvgIpc) is 2.44. The highest BCUT2D eigenvalue weighted by Crippen LogP contribution is 2.35. The Morgan fingerprint density at radius 1 is 1.00 bits per heavy atom. The van der Waals surface area contributed by atoms with E-state index in [2.05, 4.69) is 24.4 Å². The van der Waals surface area contributed by atoms with Crippen molar-refractivity contribution in [2.24, 2.45) is 0 Å². The molecule has 0 aromatic heterocycles. The molecule has 1 unspecified atom stereocenters. The standard InChI is InChI=1S/C17H17NO/c1-11-8-9-12(2)16-14(11)10-15(17(19)18-16)13-6-4-3-5-7-13/h3-9,15H,10H2,1-2H3,(H,18,19). The Kier molecular flexibility index (Phi) is 2.86. The van der Waals surface area contributed by atoms with Crippen LogP contribution in [0.1, 0.15) is 28.2 Å². The van der Waals surface area contributed by atoms with Crippen molar-refractivity contribution < 1.29 is 4.79 Å². The maximum absolute atomic E-state index is 12.3. The molecule has 1 aliphatic heterocycles. The van der Waals surface area contributed by atoms with Crippen molar-refractivity contribution in [3.05, 3.63) is 64.7 Å². The Morgan fingerprint density at radius 3 is 2.42 bits per heavy atom. The van der Waals surface area contributed by atoms with Crippen LogP contribution >= 0.6 is 0 Å². The molecule has 19 heavy (non-hydrogen) atoms. The van der Waals surface area contributed by atoms with E-state index in [1.54, 1.807) is 0 Å². The van der Waals surface area contributed by atoms with Gasteiger partial charge in [-0.15, -0.1) is 0 Å². The van der Waals surface area contributed by atoms with Gasteiger partial charge in [0.05, 0.1) is 5.92 Å². The summed E-state index contributed by atoms with van der Waals surface area (Å²) in [5, 5.41) is 3.08. The molecule has 2 aromatic carbocycles. The third-order valence-electron chi connectivity index (χ3n) is 3.93. The Bertz CT molecular complexity index is 631. The second-order valence-electron chi connectivity index (χ2n) is 5.21. The summed E-state index contributed by atoms with van der Waals surface area (Å²) in [5.74, 6) is 0.0293. The number of fused-ring (bicyclic) bond motifs is 1. The van der Waals surface area contributed by atoms with Gasteiger partial charge in [-0.3, -0.25) is 4.79 Å². The van der Waals surface area contributed by atoms with Gasteiger partial charge in [0.25, 0.3) is 0 Å². The van der Waals surface area contributed by atoms with Crippen molar-refractivity contribution in [2.75, 3.05) is 5.32 Å². The zero-order valence-corrected chi connectivity index (χ0v) is 11.2. The van der Waals surface area contributed by atoms with Crippen LogP contribution in [0.25, 0.3) is 0 Å². The minimum Gasteiger partial charge on any atom is -0.325 e. The molecule has 96 valence electrons. The smallest absolute Gasteiger partial charge is 0.232 e. The highest BCUT2D eigenvalue weighted by atomic mass is 16.1. The third-order valence-corrected chi connectivity index (χ3v) is 3.93. The molecule has 2 nitrogen and oxygen atoms in total. The van der Waals surface area contributed by atoms with Crippen LogP contribution in [0.3, 0.4) is 0 Å². The van der Waals surface area contributed by atoms with Crippen LogP contribution in [0.15, 0.2) is 42.5 Å². The van der Waals surface area contributed by atoms with Crippen LogP contribution < -0.4 is 5.32 Å². The summed E-state index contributed by atoms with van der Waals surface area (Å²) in [6.07, 6.45) is 0.790. The Morgan fingerprint density at radius 2 is 1.68 bits per heavy atom. The topological polar surface area (TPSA) is 29.1 Å². The molecular formula is C17H17NO. The van der Waals surface area contributed by atoms with E-state index < -0.39 is 0 Å². The number of amides is 1. The van der Waals surface area contributed by atoms with Crippen LogP contribution in [0.2, 0.25) is 0 Å². The van der Waals surface area contributed by atoms with Gasteiger partial charge in [-0.05, 0) is 42.5 Å². The number of anilines is 1. The van der Waals surface area contributed by atoms with Crippen LogP contribution in [0.4, 0.5) is 5.69 Å². The number of hydrogen-bond donors (Lipinski definition) is 1. The Labute approximate surface area is 113 Å². The van der Waals surface area contributed by atoms with Gasteiger partial charge in [-0.2, -0.15) is 0 Å². The van der Waals surface area contributed by atoms with E-state index >= 15 is 0 Å². The summed E-state index contributed by atoms with van der Waals surface area (Å²) in [6.45, 7) is 4.15. The second kappa shape index (κ2) is 4.54. The normalized spacial score (nSPS) is 17.8. The SMILES string of the molecule is Cc1ccc(C)c2c1CC(c1ccccc1)C(=O)N2. The number of carbonyl (C=O) groups excluding carboxylic acids is 1. The summed E-state index contributed by atoms with van der Waals surface area (Å²) >= 11 is 0. The molecule has 0 saturated heterocycles. The maximum atomic E-state index is 12.3. The summed E-state index contributed by atoms with van der Waals surface area (Å²) < 4.78 is 0. The van der Waals surface area contributed by atoms with E-state index in [0.29, 0.717) is 0 Å². The van der Waals surface area contributed by atoms with Gasteiger partial charge in [0.2, 0.25) is 5.91 Å². The van der Waals surface area contributed by atoms with E-state index in [0.717, 1.165) is 23.2 Å². The monoisotopic (exact) mass is 251 g/mol. The molecule has 0 radical (unpaired) electrons. The molecule has 2 heteroatoms. The number of benzene rings is 2. The summed E-state index contributed by atoms with van der Waals surface area (Å²) in [5.41, 5.74) is 5.76. The lowest BCUT2D eigenvalue weighted by Crippen LogP contribution is -2.29. The lowest BCUT2D eigenvalue weighted by atomic mass is 9.84. The molecule has 3 rings (SSSR count). The zero-order chi connectivity index (χ0) is 13.4. The summed E-state index contributed by atoms with van der Waals surface area (Å²) in [4.78, 5) is 12.3. The van der Waals surface area contributed by atoms with Crippen LogP contribution in [-0.2, 0) is 11.2 Å². The van der Waals surface area contributed by atoms with Gasteiger partial charge in [0.15, 0.2) is 0 Å². The van der Waals surface area contributed by atoms with E-state index in [9.17, 15) is 4.79 Å². The van der Waals surface area contributed by atoms with E-state index in [1.165, 1.54) is 11.1 Å². The van der Waals surface area contributed by atoms with Crippen molar-refractivity contribution >= 4 is 11.6 Å². The molecule has 0 bridgehead atoms. The first-order valence-electron chi connectivity index (χ1n) is 6.61. The molecule has 1 aliphatic rings. The maximum Gasteiger partial charge on any atom is 0.232 e. The molecule has 0 fully saturated rings. The molecule has 1 amide bonds. The molecule has 0 aliphatic carbocycles. The van der Waals surface area contributed by atoms with Gasteiger partial charge in [0.1, 0.15) is 0 Å². The van der Waals surface area contributed by atoms with Crippen molar-refractivity contribution in [1.82, 2.24) is 0 Å². The van der Waals surface area contributed by atoms with Crippen LogP contribution in [-0.4, -0.2) is 5.91 Å². The fourth-order valence-corrected chi connectivity index (χ4v) is 2.77. The van der Waals surface area contributed by atoms with E-state index in [4.69, 9.17) is 0 Å².